The van der Waals surface area contributed by atoms with E-state index in [0.717, 1.165) is 22.9 Å². The van der Waals surface area contributed by atoms with Gasteiger partial charge in [0.05, 0.1) is 5.25 Å². The van der Waals surface area contributed by atoms with E-state index in [-0.39, 0.29) is 17.6 Å². The highest BCUT2D eigenvalue weighted by molar-refractivity contribution is 8.15. The molecule has 2 N–H and O–H groups in total. The van der Waals surface area contributed by atoms with Crippen LogP contribution in [0.2, 0.25) is 0 Å². The Bertz CT molecular complexity index is 1080. The van der Waals surface area contributed by atoms with E-state index in [1.807, 2.05) is 12.1 Å². The highest BCUT2D eigenvalue weighted by Gasteiger charge is 2.34. The van der Waals surface area contributed by atoms with E-state index >= 15 is 0 Å². The van der Waals surface area contributed by atoms with Crippen molar-refractivity contribution in [1.29, 1.82) is 0 Å². The Kier molecular flexibility index (Phi) is 8.18. The number of thioether (sulfide) groups is 1. The molecule has 0 aromatic heterocycles. The average molecular weight is 501 g/mol. The van der Waals surface area contributed by atoms with Gasteiger partial charge in [-0.05, 0) is 62.6 Å². The molecule has 35 heavy (non-hydrogen) atoms. The molecule has 1 aliphatic rings. The number of amides is 3. The number of alkyl carbamates (subject to hydrolysis) is 1. The summed E-state index contributed by atoms with van der Waals surface area (Å²) in [4.78, 5) is 47.0. The van der Waals surface area contributed by atoms with Crippen molar-refractivity contribution in [1.82, 2.24) is 10.6 Å². The molecular formula is C25H28N2O7S. The normalized spacial score (nSPS) is 17.3. The lowest BCUT2D eigenvalue weighted by Crippen LogP contribution is -2.54. The first-order chi connectivity index (χ1) is 16.5. The number of carbonyl (C=O) groups excluding carboxylic acids is 4. The minimum atomic E-state index is -1.57. The molecule has 0 radical (unpaired) electrons. The lowest BCUT2D eigenvalue weighted by Gasteiger charge is -2.29. The summed E-state index contributed by atoms with van der Waals surface area (Å²) in [5.41, 5.74) is -0.635. The van der Waals surface area contributed by atoms with Crippen molar-refractivity contribution in [2.75, 3.05) is 7.11 Å². The van der Waals surface area contributed by atoms with Crippen molar-refractivity contribution in [3.05, 3.63) is 59.7 Å². The van der Waals surface area contributed by atoms with Crippen LogP contribution in [0.25, 0.3) is 0 Å². The fourth-order valence-corrected chi connectivity index (χ4v) is 4.17. The molecular weight excluding hydrogens is 472 g/mol. The van der Waals surface area contributed by atoms with Gasteiger partial charge in [-0.3, -0.25) is 25.0 Å². The second-order valence-corrected chi connectivity index (χ2v) is 10.2. The van der Waals surface area contributed by atoms with Crippen LogP contribution >= 0.6 is 11.8 Å². The first kappa shape index (κ1) is 26.2. The van der Waals surface area contributed by atoms with E-state index in [9.17, 15) is 19.2 Å². The fraction of sp³-hybridized carbons (Fsp3) is 0.360. The Morgan fingerprint density at radius 2 is 1.60 bits per heavy atom. The van der Waals surface area contributed by atoms with Crippen LogP contribution in [0.1, 0.15) is 31.9 Å². The van der Waals surface area contributed by atoms with E-state index in [4.69, 9.17) is 14.2 Å². The summed E-state index contributed by atoms with van der Waals surface area (Å²) in [6.07, 6.45) is 0.323. The van der Waals surface area contributed by atoms with Crippen molar-refractivity contribution in [3.63, 3.8) is 0 Å². The third-order valence-electron chi connectivity index (χ3n) is 5.00. The lowest BCUT2D eigenvalue weighted by molar-refractivity contribution is -0.131. The molecule has 10 heteroatoms. The maximum absolute atomic E-state index is 12.2. The molecule has 0 saturated carbocycles. The first-order valence-corrected chi connectivity index (χ1v) is 11.8. The van der Waals surface area contributed by atoms with E-state index in [2.05, 4.69) is 10.6 Å². The zero-order chi connectivity index (χ0) is 25.6. The van der Waals surface area contributed by atoms with Crippen LogP contribution in [0.15, 0.2) is 48.5 Å². The second kappa shape index (κ2) is 10.9. The monoisotopic (exact) mass is 500 g/mol. The highest BCUT2D eigenvalue weighted by atomic mass is 32.2. The summed E-state index contributed by atoms with van der Waals surface area (Å²) in [6.45, 7) is 5.18. The van der Waals surface area contributed by atoms with Gasteiger partial charge in [-0.1, -0.05) is 36.0 Å². The minimum Gasteiger partial charge on any atom is -0.457 e. The van der Waals surface area contributed by atoms with Crippen molar-refractivity contribution in [2.24, 2.45) is 0 Å². The Labute approximate surface area is 207 Å². The smallest absolute Gasteiger partial charge is 0.410 e. The third kappa shape index (κ3) is 7.56. The number of imide groups is 1. The molecule has 186 valence electrons. The van der Waals surface area contributed by atoms with Crippen LogP contribution in [0, 0.1) is 0 Å². The summed E-state index contributed by atoms with van der Waals surface area (Å²) in [7, 11) is 1.34. The van der Waals surface area contributed by atoms with E-state index in [0.29, 0.717) is 24.2 Å². The number of ether oxygens (including phenoxy) is 3. The Morgan fingerprint density at radius 3 is 2.06 bits per heavy atom. The van der Waals surface area contributed by atoms with Crippen LogP contribution in [0.5, 0.6) is 11.5 Å². The van der Waals surface area contributed by atoms with Crippen LogP contribution in [-0.4, -0.2) is 47.2 Å². The molecule has 2 aromatic rings. The van der Waals surface area contributed by atoms with Crippen molar-refractivity contribution in [3.8, 4) is 11.5 Å². The summed E-state index contributed by atoms with van der Waals surface area (Å²) in [5, 5.41) is 4.04. The number of benzene rings is 2. The van der Waals surface area contributed by atoms with Gasteiger partial charge >= 0.3 is 6.09 Å². The SMILES string of the molecule is COC(C=O)(Cc1ccc(Oc2ccc(CC3SC(=O)NC3=O)cc2)cc1)NC(=O)OC(C)(C)C. The second-order valence-electron chi connectivity index (χ2n) is 8.99. The van der Waals surface area contributed by atoms with Crippen molar-refractivity contribution < 1.29 is 33.4 Å². The van der Waals surface area contributed by atoms with Crippen molar-refractivity contribution >= 4 is 35.3 Å². The van der Waals surface area contributed by atoms with Crippen LogP contribution in [-0.2, 0) is 31.9 Å². The Hall–Kier alpha value is -3.37. The van der Waals surface area contributed by atoms with Gasteiger partial charge in [-0.25, -0.2) is 4.79 Å². The molecule has 1 heterocycles. The number of hydrogen-bond acceptors (Lipinski definition) is 8. The summed E-state index contributed by atoms with van der Waals surface area (Å²) >= 11 is 0.997. The van der Waals surface area contributed by atoms with Gasteiger partial charge in [0.1, 0.15) is 17.1 Å². The maximum Gasteiger partial charge on any atom is 0.410 e. The number of hydrogen-bond donors (Lipinski definition) is 2. The van der Waals surface area contributed by atoms with Gasteiger partial charge in [0, 0.05) is 13.5 Å². The van der Waals surface area contributed by atoms with Gasteiger partial charge in [0.25, 0.3) is 5.24 Å². The molecule has 1 saturated heterocycles. The maximum atomic E-state index is 12.2. The molecule has 0 bridgehead atoms. The summed E-state index contributed by atoms with van der Waals surface area (Å²) < 4.78 is 16.4. The van der Waals surface area contributed by atoms with E-state index < -0.39 is 22.7 Å². The predicted molar refractivity (Wildman–Crippen MR) is 130 cm³/mol. The number of rotatable bonds is 9. The predicted octanol–water partition coefficient (Wildman–Crippen LogP) is 3.98. The number of nitrogens with one attached hydrogen (secondary N) is 2. The van der Waals surface area contributed by atoms with Crippen LogP contribution in [0.3, 0.4) is 0 Å². The van der Waals surface area contributed by atoms with Crippen molar-refractivity contribution in [2.45, 2.75) is 50.2 Å². The van der Waals surface area contributed by atoms with Gasteiger partial charge in [0.2, 0.25) is 11.6 Å². The molecule has 0 spiro atoms. The summed E-state index contributed by atoms with van der Waals surface area (Å²) in [5.74, 6) is 0.910. The number of carbonyl (C=O) groups is 4. The molecule has 1 aliphatic heterocycles. The lowest BCUT2D eigenvalue weighted by atomic mass is 10.0. The average Bonchev–Trinajstić information content (AvgIpc) is 3.11. The molecule has 2 atom stereocenters. The van der Waals surface area contributed by atoms with Gasteiger partial charge in [-0.2, -0.15) is 0 Å². The number of methoxy groups -OCH3 is 1. The fourth-order valence-electron chi connectivity index (χ4n) is 3.31. The molecule has 2 aromatic carbocycles. The third-order valence-corrected chi connectivity index (χ3v) is 5.99. The Balaban J connectivity index is 1.59. The molecule has 9 nitrogen and oxygen atoms in total. The zero-order valence-corrected chi connectivity index (χ0v) is 20.8. The van der Waals surface area contributed by atoms with Gasteiger partial charge < -0.3 is 14.2 Å². The van der Waals surface area contributed by atoms with Gasteiger partial charge in [-0.15, -0.1) is 0 Å². The van der Waals surface area contributed by atoms with E-state index in [1.165, 1.54) is 7.11 Å². The largest absolute Gasteiger partial charge is 0.457 e. The minimum absolute atomic E-state index is 0.0937. The van der Waals surface area contributed by atoms with Crippen LogP contribution in [0.4, 0.5) is 9.59 Å². The summed E-state index contributed by atoms with van der Waals surface area (Å²) in [6, 6.07) is 14.3. The van der Waals surface area contributed by atoms with Gasteiger partial charge in [0.15, 0.2) is 6.29 Å². The standard InChI is InChI=1S/C25H28N2O7S/c1-24(2,3)34-22(30)27-25(15-28,32-4)14-17-7-11-19(12-8-17)33-18-9-5-16(6-10-18)13-20-21(29)26-23(31)35-20/h5-12,15,20H,13-14H2,1-4H3,(H,27,30)(H,26,29,31). The molecule has 2 unspecified atom stereocenters. The topological polar surface area (TPSA) is 120 Å². The molecule has 3 amide bonds. The zero-order valence-electron chi connectivity index (χ0n) is 20.0. The first-order valence-electron chi connectivity index (χ1n) is 10.9. The molecule has 3 rings (SSSR count). The number of aldehydes is 1. The molecule has 0 aliphatic carbocycles. The highest BCUT2D eigenvalue weighted by Crippen LogP contribution is 2.26. The quantitative estimate of drug-likeness (QED) is 0.392. The Morgan fingerprint density at radius 1 is 1.03 bits per heavy atom. The van der Waals surface area contributed by atoms with E-state index in [1.54, 1.807) is 57.2 Å². The molecule has 1 fully saturated rings. The van der Waals surface area contributed by atoms with Crippen LogP contribution < -0.4 is 15.4 Å².